The highest BCUT2D eigenvalue weighted by Crippen LogP contribution is 2.06. The average molecular weight is 283 g/mol. The Morgan fingerprint density at radius 2 is 2.00 bits per heavy atom. The van der Waals surface area contributed by atoms with Gasteiger partial charge in [-0.15, -0.1) is 0 Å². The molecule has 8 nitrogen and oxygen atoms in total. The van der Waals surface area contributed by atoms with Crippen LogP contribution in [0, 0.1) is 0 Å². The van der Waals surface area contributed by atoms with Crippen molar-refractivity contribution in [2.45, 2.75) is 39.3 Å². The predicted octanol–water partition coefficient (Wildman–Crippen LogP) is 0.123. The van der Waals surface area contributed by atoms with Crippen LogP contribution in [0.5, 0.6) is 0 Å². The highest BCUT2D eigenvalue weighted by Gasteiger charge is 2.25. The van der Waals surface area contributed by atoms with Gasteiger partial charge in [-0.2, -0.15) is 5.10 Å². The van der Waals surface area contributed by atoms with Crippen LogP contribution in [-0.2, 0) is 22.6 Å². The van der Waals surface area contributed by atoms with Crippen LogP contribution < -0.4 is 5.32 Å². The van der Waals surface area contributed by atoms with Crippen molar-refractivity contribution in [2.24, 2.45) is 0 Å². The molecule has 20 heavy (non-hydrogen) atoms. The molecule has 1 aromatic rings. The fourth-order valence-corrected chi connectivity index (χ4v) is 1.67. The van der Waals surface area contributed by atoms with Gasteiger partial charge in [0.05, 0.1) is 12.1 Å². The number of rotatable bonds is 7. The van der Waals surface area contributed by atoms with Crippen LogP contribution in [0.3, 0.4) is 0 Å². The van der Waals surface area contributed by atoms with Gasteiger partial charge in [0.15, 0.2) is 0 Å². The molecule has 110 valence electrons. The molecular weight excluding hydrogens is 266 g/mol. The summed E-state index contributed by atoms with van der Waals surface area (Å²) in [5.74, 6) is -3.33. The molecule has 0 bridgehead atoms. The molecule has 0 aliphatic heterocycles. The molecule has 1 heterocycles. The van der Waals surface area contributed by atoms with Crippen LogP contribution in [0.4, 0.5) is 0 Å². The van der Waals surface area contributed by atoms with Gasteiger partial charge in [0, 0.05) is 6.54 Å². The Bertz CT molecular complexity index is 523. The van der Waals surface area contributed by atoms with E-state index in [9.17, 15) is 14.4 Å². The number of hydrogen-bond donors (Lipinski definition) is 3. The molecule has 0 aliphatic rings. The third kappa shape index (κ3) is 3.81. The summed E-state index contributed by atoms with van der Waals surface area (Å²) < 4.78 is 1.45. The lowest BCUT2D eigenvalue weighted by Gasteiger charge is -2.12. The molecule has 3 N–H and O–H groups in total. The first kappa shape index (κ1) is 15.7. The van der Waals surface area contributed by atoms with E-state index >= 15 is 0 Å². The average Bonchev–Trinajstić information content (AvgIpc) is 2.80. The maximum absolute atomic E-state index is 12.0. The first-order valence-electron chi connectivity index (χ1n) is 6.21. The number of carboxylic acids is 2. The lowest BCUT2D eigenvalue weighted by Crippen LogP contribution is -2.42. The lowest BCUT2D eigenvalue weighted by molar-refractivity contribution is -0.145. The van der Waals surface area contributed by atoms with E-state index in [1.54, 1.807) is 13.0 Å². The lowest BCUT2D eigenvalue weighted by atomic mass is 10.2. The van der Waals surface area contributed by atoms with Gasteiger partial charge in [-0.1, -0.05) is 6.92 Å². The fourth-order valence-electron chi connectivity index (χ4n) is 1.67. The van der Waals surface area contributed by atoms with Gasteiger partial charge in [-0.3, -0.25) is 14.3 Å². The fraction of sp³-hybridized carbons (Fsp3) is 0.500. The van der Waals surface area contributed by atoms with E-state index in [0.29, 0.717) is 18.7 Å². The zero-order valence-electron chi connectivity index (χ0n) is 11.3. The number of carboxylic acid groups (broad SMARTS) is 2. The number of nitrogens with one attached hydrogen (secondary N) is 1. The maximum atomic E-state index is 12.0. The van der Waals surface area contributed by atoms with Crippen LogP contribution in [-0.4, -0.2) is 43.9 Å². The number of hydrogen-bond acceptors (Lipinski definition) is 4. The van der Waals surface area contributed by atoms with Crippen molar-refractivity contribution in [2.75, 3.05) is 0 Å². The summed E-state index contributed by atoms with van der Waals surface area (Å²) >= 11 is 0. The van der Waals surface area contributed by atoms with E-state index in [1.807, 2.05) is 6.92 Å². The number of amides is 1. The second-order valence-electron chi connectivity index (χ2n) is 4.15. The minimum Gasteiger partial charge on any atom is -0.481 e. The monoisotopic (exact) mass is 283 g/mol. The number of nitrogens with zero attached hydrogens (tertiary/aromatic N) is 2. The van der Waals surface area contributed by atoms with E-state index in [2.05, 4.69) is 10.4 Å². The van der Waals surface area contributed by atoms with Gasteiger partial charge >= 0.3 is 11.9 Å². The SMILES string of the molecule is CCc1cc(C(=O)N[C@@H](CC(=O)O)C(=O)O)n(CC)n1. The molecule has 0 radical (unpaired) electrons. The summed E-state index contributed by atoms with van der Waals surface area (Å²) in [5.41, 5.74) is 0.933. The highest BCUT2D eigenvalue weighted by atomic mass is 16.4. The molecule has 0 fully saturated rings. The summed E-state index contributed by atoms with van der Waals surface area (Å²) in [4.78, 5) is 33.5. The molecule has 8 heteroatoms. The molecule has 0 aromatic carbocycles. The number of aliphatic carboxylic acids is 2. The Hall–Kier alpha value is -2.38. The summed E-state index contributed by atoms with van der Waals surface area (Å²) in [7, 11) is 0. The van der Waals surface area contributed by atoms with Crippen LogP contribution >= 0.6 is 0 Å². The largest absolute Gasteiger partial charge is 0.481 e. The smallest absolute Gasteiger partial charge is 0.326 e. The molecule has 0 saturated heterocycles. The second kappa shape index (κ2) is 6.69. The molecule has 1 atom stereocenters. The first-order valence-corrected chi connectivity index (χ1v) is 6.21. The van der Waals surface area contributed by atoms with Gasteiger partial charge in [-0.05, 0) is 19.4 Å². The molecule has 1 rings (SSSR count). The zero-order valence-corrected chi connectivity index (χ0v) is 11.3. The third-order valence-electron chi connectivity index (χ3n) is 2.71. The van der Waals surface area contributed by atoms with Gasteiger partial charge in [0.2, 0.25) is 0 Å². The quantitative estimate of drug-likeness (QED) is 0.653. The van der Waals surface area contributed by atoms with Crippen molar-refractivity contribution in [1.29, 1.82) is 0 Å². The summed E-state index contributed by atoms with van der Waals surface area (Å²) in [6.45, 7) is 4.14. The Balaban J connectivity index is 2.90. The van der Waals surface area contributed by atoms with Crippen LogP contribution in [0.2, 0.25) is 0 Å². The molecule has 0 spiro atoms. The molecule has 1 amide bonds. The minimum absolute atomic E-state index is 0.223. The van der Waals surface area contributed by atoms with E-state index in [-0.39, 0.29) is 5.69 Å². The van der Waals surface area contributed by atoms with E-state index < -0.39 is 30.3 Å². The minimum atomic E-state index is -1.47. The number of carbonyl (C=O) groups is 3. The predicted molar refractivity (Wildman–Crippen MR) is 68.4 cm³/mol. The van der Waals surface area contributed by atoms with Gasteiger partial charge in [-0.25, -0.2) is 4.79 Å². The Labute approximate surface area is 115 Å². The number of aryl methyl sites for hydroxylation is 2. The van der Waals surface area contributed by atoms with Crippen molar-refractivity contribution >= 4 is 17.8 Å². The third-order valence-corrected chi connectivity index (χ3v) is 2.71. The number of aromatic nitrogens is 2. The topological polar surface area (TPSA) is 122 Å². The Morgan fingerprint density at radius 3 is 2.45 bits per heavy atom. The standard InChI is InChI=1S/C12H17N3O5/c1-3-7-5-9(15(4-2)14-7)11(18)13-8(12(19)20)6-10(16)17/h5,8H,3-4,6H2,1-2H3,(H,13,18)(H,16,17)(H,19,20)/t8-/m0/s1. The summed E-state index contributed by atoms with van der Waals surface area (Å²) in [5, 5.41) is 23.9. The molecule has 0 aliphatic carbocycles. The number of carbonyl (C=O) groups excluding carboxylic acids is 1. The molecule has 0 saturated carbocycles. The van der Waals surface area contributed by atoms with Crippen molar-refractivity contribution in [3.63, 3.8) is 0 Å². The zero-order chi connectivity index (χ0) is 15.3. The molecular formula is C12H17N3O5. The van der Waals surface area contributed by atoms with Crippen molar-refractivity contribution in [3.05, 3.63) is 17.5 Å². The maximum Gasteiger partial charge on any atom is 0.326 e. The summed E-state index contributed by atoms with van der Waals surface area (Å²) in [6.07, 6.45) is -0.0350. The van der Waals surface area contributed by atoms with Crippen LogP contribution in [0.1, 0.15) is 36.5 Å². The molecule has 0 unspecified atom stereocenters. The van der Waals surface area contributed by atoms with Crippen LogP contribution in [0.15, 0.2) is 6.07 Å². The van der Waals surface area contributed by atoms with E-state index in [4.69, 9.17) is 10.2 Å². The summed E-state index contributed by atoms with van der Waals surface area (Å²) in [6, 6.07) is 0.101. The Morgan fingerprint density at radius 1 is 1.35 bits per heavy atom. The first-order chi connectivity index (χ1) is 9.38. The Kier molecular flexibility index (Phi) is 5.24. The van der Waals surface area contributed by atoms with Crippen LogP contribution in [0.25, 0.3) is 0 Å². The second-order valence-corrected chi connectivity index (χ2v) is 4.15. The highest BCUT2D eigenvalue weighted by molar-refractivity contribution is 5.96. The van der Waals surface area contributed by atoms with Gasteiger partial charge < -0.3 is 15.5 Å². The van der Waals surface area contributed by atoms with E-state index in [0.717, 1.165) is 0 Å². The van der Waals surface area contributed by atoms with Crippen molar-refractivity contribution in [1.82, 2.24) is 15.1 Å². The van der Waals surface area contributed by atoms with E-state index in [1.165, 1.54) is 4.68 Å². The van der Waals surface area contributed by atoms with Gasteiger partial charge in [0.25, 0.3) is 5.91 Å². The van der Waals surface area contributed by atoms with Crippen molar-refractivity contribution < 1.29 is 24.6 Å². The normalized spacial score (nSPS) is 11.9. The molecule has 1 aromatic heterocycles. The van der Waals surface area contributed by atoms with Crippen molar-refractivity contribution in [3.8, 4) is 0 Å². The van der Waals surface area contributed by atoms with Gasteiger partial charge in [0.1, 0.15) is 11.7 Å².